The van der Waals surface area contributed by atoms with Gasteiger partial charge in [-0.3, -0.25) is 4.79 Å². The molecule has 2 unspecified atom stereocenters. The van der Waals surface area contributed by atoms with Crippen LogP contribution in [-0.4, -0.2) is 19.1 Å². The molecular formula is C15H22ClFN2O2. The van der Waals surface area contributed by atoms with Gasteiger partial charge in [0.05, 0.1) is 6.61 Å². The molecule has 1 aromatic rings. The first-order chi connectivity index (χ1) is 9.60. The molecule has 1 fully saturated rings. The Morgan fingerprint density at radius 1 is 1.48 bits per heavy atom. The zero-order valence-electron chi connectivity index (χ0n) is 12.1. The van der Waals surface area contributed by atoms with Crippen LogP contribution in [0.3, 0.4) is 0 Å². The lowest BCUT2D eigenvalue weighted by Gasteiger charge is -2.11. The molecular weight excluding hydrogens is 295 g/mol. The van der Waals surface area contributed by atoms with Crippen LogP contribution >= 0.6 is 12.4 Å². The van der Waals surface area contributed by atoms with Crippen LogP contribution < -0.4 is 11.1 Å². The van der Waals surface area contributed by atoms with Crippen molar-refractivity contribution in [2.45, 2.75) is 38.5 Å². The number of nitrogens with one attached hydrogen (secondary N) is 1. The molecule has 2 rings (SSSR count). The van der Waals surface area contributed by atoms with Crippen molar-refractivity contribution in [2.24, 2.45) is 11.7 Å². The fourth-order valence-electron chi connectivity index (χ4n) is 2.59. The SMILES string of the molecule is COCc1cc(CNC(=O)C2CCC(N)C2)ccc1F.Cl. The first kappa shape index (κ1) is 17.9. The number of amides is 1. The van der Waals surface area contributed by atoms with Crippen molar-refractivity contribution < 1.29 is 13.9 Å². The lowest BCUT2D eigenvalue weighted by molar-refractivity contribution is -0.125. The van der Waals surface area contributed by atoms with Crippen LogP contribution in [0.2, 0.25) is 0 Å². The molecule has 2 atom stereocenters. The van der Waals surface area contributed by atoms with Gasteiger partial charge in [0.2, 0.25) is 5.91 Å². The van der Waals surface area contributed by atoms with E-state index < -0.39 is 0 Å². The number of ether oxygens (including phenoxy) is 1. The highest BCUT2D eigenvalue weighted by molar-refractivity contribution is 5.85. The summed E-state index contributed by atoms with van der Waals surface area (Å²) in [4.78, 5) is 12.0. The zero-order valence-corrected chi connectivity index (χ0v) is 12.9. The van der Waals surface area contributed by atoms with Gasteiger partial charge in [0.25, 0.3) is 0 Å². The van der Waals surface area contributed by atoms with Gasteiger partial charge in [0, 0.05) is 31.2 Å². The lowest BCUT2D eigenvalue weighted by Crippen LogP contribution is -2.30. The average molecular weight is 317 g/mol. The van der Waals surface area contributed by atoms with E-state index in [-0.39, 0.29) is 42.7 Å². The van der Waals surface area contributed by atoms with Gasteiger partial charge in [0.1, 0.15) is 5.82 Å². The van der Waals surface area contributed by atoms with Crippen molar-refractivity contribution in [3.63, 3.8) is 0 Å². The number of nitrogens with two attached hydrogens (primary N) is 1. The molecule has 1 amide bonds. The minimum absolute atomic E-state index is 0. The Morgan fingerprint density at radius 3 is 2.86 bits per heavy atom. The van der Waals surface area contributed by atoms with E-state index in [9.17, 15) is 9.18 Å². The Labute approximate surface area is 130 Å². The molecule has 3 N–H and O–H groups in total. The minimum atomic E-state index is -0.288. The molecule has 4 nitrogen and oxygen atoms in total. The highest BCUT2D eigenvalue weighted by Gasteiger charge is 2.27. The molecule has 118 valence electrons. The van der Waals surface area contributed by atoms with Gasteiger partial charge in [0.15, 0.2) is 0 Å². The van der Waals surface area contributed by atoms with Crippen molar-refractivity contribution in [3.05, 3.63) is 35.1 Å². The summed E-state index contributed by atoms with van der Waals surface area (Å²) in [7, 11) is 1.53. The Hall–Kier alpha value is -1.17. The maximum atomic E-state index is 13.5. The largest absolute Gasteiger partial charge is 0.380 e. The quantitative estimate of drug-likeness (QED) is 0.874. The van der Waals surface area contributed by atoms with E-state index in [1.165, 1.54) is 13.2 Å². The van der Waals surface area contributed by atoms with Gasteiger partial charge in [-0.2, -0.15) is 0 Å². The van der Waals surface area contributed by atoms with Crippen molar-refractivity contribution in [3.8, 4) is 0 Å². The van der Waals surface area contributed by atoms with E-state index in [1.54, 1.807) is 12.1 Å². The molecule has 0 radical (unpaired) electrons. The summed E-state index contributed by atoms with van der Waals surface area (Å²) in [6.45, 7) is 0.632. The molecule has 6 heteroatoms. The van der Waals surface area contributed by atoms with E-state index >= 15 is 0 Å². The third-order valence-electron chi connectivity index (χ3n) is 3.72. The molecule has 0 aromatic heterocycles. The van der Waals surface area contributed by atoms with E-state index in [0.29, 0.717) is 12.1 Å². The summed E-state index contributed by atoms with van der Waals surface area (Å²) < 4.78 is 18.4. The summed E-state index contributed by atoms with van der Waals surface area (Å²) in [6.07, 6.45) is 2.52. The highest BCUT2D eigenvalue weighted by atomic mass is 35.5. The highest BCUT2D eigenvalue weighted by Crippen LogP contribution is 2.24. The van der Waals surface area contributed by atoms with Gasteiger partial charge >= 0.3 is 0 Å². The van der Waals surface area contributed by atoms with E-state index in [0.717, 1.165) is 24.8 Å². The van der Waals surface area contributed by atoms with Gasteiger partial charge < -0.3 is 15.8 Å². The smallest absolute Gasteiger partial charge is 0.223 e. The first-order valence-electron chi connectivity index (χ1n) is 6.89. The fourth-order valence-corrected chi connectivity index (χ4v) is 2.59. The fraction of sp³-hybridized carbons (Fsp3) is 0.533. The molecule has 1 aliphatic carbocycles. The van der Waals surface area contributed by atoms with E-state index in [4.69, 9.17) is 10.5 Å². The number of hydrogen-bond acceptors (Lipinski definition) is 3. The Morgan fingerprint density at radius 2 is 2.24 bits per heavy atom. The Balaban J connectivity index is 0.00000220. The van der Waals surface area contributed by atoms with Crippen LogP contribution in [0.1, 0.15) is 30.4 Å². The van der Waals surface area contributed by atoms with E-state index in [2.05, 4.69) is 5.32 Å². The number of carbonyl (C=O) groups excluding carboxylic acids is 1. The minimum Gasteiger partial charge on any atom is -0.380 e. The predicted octanol–water partition coefficient (Wildman–Crippen LogP) is 2.14. The van der Waals surface area contributed by atoms with Crippen molar-refractivity contribution >= 4 is 18.3 Å². The van der Waals surface area contributed by atoms with Crippen LogP contribution in [0, 0.1) is 11.7 Å². The first-order valence-corrected chi connectivity index (χ1v) is 6.89. The second-order valence-electron chi connectivity index (χ2n) is 5.35. The van der Waals surface area contributed by atoms with Crippen molar-refractivity contribution in [1.29, 1.82) is 0 Å². The second kappa shape index (κ2) is 8.32. The maximum absolute atomic E-state index is 13.5. The molecule has 1 aromatic carbocycles. The standard InChI is InChI=1S/C15H21FN2O2.ClH/c1-20-9-12-6-10(2-5-14(12)16)8-18-15(19)11-3-4-13(17)7-11;/h2,5-6,11,13H,3-4,7-9,17H2,1H3,(H,18,19);1H. The second-order valence-corrected chi connectivity index (χ2v) is 5.35. The third kappa shape index (κ3) is 4.95. The van der Waals surface area contributed by atoms with Crippen LogP contribution in [0.15, 0.2) is 18.2 Å². The number of benzene rings is 1. The summed E-state index contributed by atoms with van der Waals surface area (Å²) in [5, 5.41) is 2.89. The van der Waals surface area contributed by atoms with E-state index in [1.807, 2.05) is 0 Å². The molecule has 21 heavy (non-hydrogen) atoms. The Kier molecular flexibility index (Phi) is 7.08. The summed E-state index contributed by atoms with van der Waals surface area (Å²) in [5.74, 6) is -0.233. The topological polar surface area (TPSA) is 64.3 Å². The number of rotatable bonds is 5. The van der Waals surface area contributed by atoms with Crippen molar-refractivity contribution in [1.82, 2.24) is 5.32 Å². The molecule has 0 aliphatic heterocycles. The third-order valence-corrected chi connectivity index (χ3v) is 3.72. The van der Waals surface area contributed by atoms with Crippen molar-refractivity contribution in [2.75, 3.05) is 7.11 Å². The van der Waals surface area contributed by atoms with Gasteiger partial charge in [-0.05, 0) is 37.0 Å². The monoisotopic (exact) mass is 316 g/mol. The normalized spacial score (nSPS) is 20.9. The molecule has 0 heterocycles. The number of hydrogen-bond donors (Lipinski definition) is 2. The number of halogens is 2. The van der Waals surface area contributed by atoms with Crippen LogP contribution in [0.4, 0.5) is 4.39 Å². The number of methoxy groups -OCH3 is 1. The average Bonchev–Trinajstić information content (AvgIpc) is 2.86. The Bertz CT molecular complexity index is 485. The maximum Gasteiger partial charge on any atom is 0.223 e. The van der Waals surface area contributed by atoms with Gasteiger partial charge in [-0.25, -0.2) is 4.39 Å². The molecule has 1 aliphatic rings. The summed E-state index contributed by atoms with van der Waals surface area (Å²) in [5.41, 5.74) is 7.18. The van der Waals surface area contributed by atoms with Gasteiger partial charge in [-0.15, -0.1) is 12.4 Å². The lowest BCUT2D eigenvalue weighted by atomic mass is 10.1. The van der Waals surface area contributed by atoms with Crippen LogP contribution in [0.5, 0.6) is 0 Å². The van der Waals surface area contributed by atoms with Crippen LogP contribution in [-0.2, 0) is 22.7 Å². The summed E-state index contributed by atoms with van der Waals surface area (Å²) in [6, 6.07) is 4.94. The van der Waals surface area contributed by atoms with Crippen LogP contribution in [0.25, 0.3) is 0 Å². The van der Waals surface area contributed by atoms with Gasteiger partial charge in [-0.1, -0.05) is 6.07 Å². The predicted molar refractivity (Wildman–Crippen MR) is 81.5 cm³/mol. The molecule has 0 bridgehead atoms. The molecule has 0 saturated heterocycles. The zero-order chi connectivity index (χ0) is 14.5. The summed E-state index contributed by atoms with van der Waals surface area (Å²) >= 11 is 0. The number of carbonyl (C=O) groups is 1. The molecule has 0 spiro atoms. The molecule has 1 saturated carbocycles.